The predicted molar refractivity (Wildman–Crippen MR) is 124 cm³/mol. The van der Waals surface area contributed by atoms with Crippen LogP contribution in [0, 0.1) is 0 Å². The van der Waals surface area contributed by atoms with Gasteiger partial charge < -0.3 is 19.8 Å². The Kier molecular flexibility index (Phi) is 6.49. The van der Waals surface area contributed by atoms with Crippen LogP contribution in [0.1, 0.15) is 55.5 Å². The Labute approximate surface area is 188 Å². The van der Waals surface area contributed by atoms with Crippen molar-refractivity contribution in [2.45, 2.75) is 57.1 Å². The minimum atomic E-state index is -0.364. The number of benzene rings is 2. The number of rotatable bonds is 6. The number of alkyl carbamates (subject to hydrolysis) is 1. The van der Waals surface area contributed by atoms with Gasteiger partial charge in [0, 0.05) is 23.4 Å². The average Bonchev–Trinajstić information content (AvgIpc) is 3.28. The van der Waals surface area contributed by atoms with Gasteiger partial charge in [-0.2, -0.15) is 0 Å². The third-order valence-corrected chi connectivity index (χ3v) is 6.30. The fourth-order valence-corrected chi connectivity index (χ4v) is 4.61. The lowest BCUT2D eigenvalue weighted by Gasteiger charge is -2.41. The zero-order valence-electron chi connectivity index (χ0n) is 18.6. The molecule has 0 atom stereocenters. The highest BCUT2D eigenvalue weighted by atomic mass is 16.6. The van der Waals surface area contributed by atoms with Crippen molar-refractivity contribution in [2.24, 2.45) is 0 Å². The molecular formula is C26H30N2O4. The molecule has 168 valence electrons. The second-order valence-electron chi connectivity index (χ2n) is 8.85. The van der Waals surface area contributed by atoms with Crippen LogP contribution in [-0.2, 0) is 10.2 Å². The van der Waals surface area contributed by atoms with Crippen molar-refractivity contribution >= 4 is 23.0 Å². The third-order valence-electron chi connectivity index (χ3n) is 6.30. The second-order valence-corrected chi connectivity index (χ2v) is 8.85. The molecule has 1 saturated carbocycles. The zero-order chi connectivity index (χ0) is 22.6. The fraction of sp³-hybridized carbons (Fsp3) is 0.385. The van der Waals surface area contributed by atoms with Gasteiger partial charge in [0.2, 0.25) is 0 Å². The van der Waals surface area contributed by atoms with E-state index in [9.17, 15) is 9.59 Å². The van der Waals surface area contributed by atoms with E-state index in [1.54, 1.807) is 12.3 Å². The molecule has 4 rings (SSSR count). The van der Waals surface area contributed by atoms with Gasteiger partial charge in [0.1, 0.15) is 5.58 Å². The van der Waals surface area contributed by atoms with Crippen molar-refractivity contribution < 1.29 is 18.7 Å². The zero-order valence-corrected chi connectivity index (χ0v) is 18.6. The van der Waals surface area contributed by atoms with Crippen LogP contribution in [0.5, 0.6) is 0 Å². The molecule has 1 aromatic heterocycles. The second kappa shape index (κ2) is 9.47. The Morgan fingerprint density at radius 3 is 2.53 bits per heavy atom. The first kappa shape index (κ1) is 21.9. The predicted octanol–water partition coefficient (Wildman–Crippen LogP) is 5.18. The lowest BCUT2D eigenvalue weighted by molar-refractivity contribution is 0.0932. The van der Waals surface area contributed by atoms with Gasteiger partial charge in [-0.3, -0.25) is 4.79 Å². The van der Waals surface area contributed by atoms with Gasteiger partial charge in [-0.25, -0.2) is 4.79 Å². The Hall–Kier alpha value is -3.28. The topological polar surface area (TPSA) is 80.6 Å². The van der Waals surface area contributed by atoms with Crippen molar-refractivity contribution in [3.05, 3.63) is 72.0 Å². The van der Waals surface area contributed by atoms with Crippen molar-refractivity contribution in [3.63, 3.8) is 0 Å². The summed E-state index contributed by atoms with van der Waals surface area (Å²) >= 11 is 0. The van der Waals surface area contributed by atoms with Crippen LogP contribution in [0.3, 0.4) is 0 Å². The first-order chi connectivity index (χ1) is 15.5. The van der Waals surface area contributed by atoms with Gasteiger partial charge in [-0.15, -0.1) is 0 Å². The van der Waals surface area contributed by atoms with E-state index in [4.69, 9.17) is 9.15 Å². The number of carbonyl (C=O) groups is 2. The summed E-state index contributed by atoms with van der Waals surface area (Å²) in [5.74, 6) is -0.137. The van der Waals surface area contributed by atoms with Crippen molar-refractivity contribution in [3.8, 4) is 0 Å². The molecule has 0 unspecified atom stereocenters. The van der Waals surface area contributed by atoms with E-state index in [1.165, 1.54) is 5.56 Å². The molecule has 1 fully saturated rings. The van der Waals surface area contributed by atoms with Gasteiger partial charge in [-0.05, 0) is 57.2 Å². The molecule has 32 heavy (non-hydrogen) atoms. The van der Waals surface area contributed by atoms with Crippen molar-refractivity contribution in [2.75, 3.05) is 6.54 Å². The van der Waals surface area contributed by atoms with E-state index >= 15 is 0 Å². The Bertz CT molecular complexity index is 1070. The summed E-state index contributed by atoms with van der Waals surface area (Å²) in [4.78, 5) is 25.1. The van der Waals surface area contributed by atoms with Crippen LogP contribution < -0.4 is 10.6 Å². The maximum absolute atomic E-state index is 13.0. The van der Waals surface area contributed by atoms with E-state index in [2.05, 4.69) is 22.8 Å². The number of fused-ring (bicyclic) bond motifs is 1. The first-order valence-corrected chi connectivity index (χ1v) is 11.2. The Balaban J connectivity index is 1.47. The standard InChI is InChI=1S/C26H30N2O4/c1-18(2)32-25(30)28-21-11-14-26(15-12-21,20-8-4-3-5-9-20)17-27-24(29)22-10-6-7-19-13-16-31-23(19)22/h3-10,13,16,18,21H,11-12,14-15,17H2,1-2H3,(H,27,29)(H,28,30)/t21-,26+. The maximum Gasteiger partial charge on any atom is 0.407 e. The van der Waals surface area contributed by atoms with E-state index in [1.807, 2.05) is 50.2 Å². The highest BCUT2D eigenvalue weighted by Crippen LogP contribution is 2.39. The van der Waals surface area contributed by atoms with Crippen LogP contribution in [0.25, 0.3) is 11.0 Å². The molecule has 1 aliphatic carbocycles. The number of ether oxygens (including phenoxy) is 1. The molecule has 6 nitrogen and oxygen atoms in total. The van der Waals surface area contributed by atoms with Crippen LogP contribution in [-0.4, -0.2) is 30.7 Å². The molecule has 2 aromatic carbocycles. The molecule has 2 N–H and O–H groups in total. The summed E-state index contributed by atoms with van der Waals surface area (Å²) in [5, 5.41) is 7.06. The number of nitrogens with one attached hydrogen (secondary N) is 2. The normalized spacial score (nSPS) is 20.8. The molecule has 2 amide bonds. The number of amides is 2. The molecule has 0 radical (unpaired) electrons. The summed E-state index contributed by atoms with van der Waals surface area (Å²) < 4.78 is 10.8. The van der Waals surface area contributed by atoms with Crippen molar-refractivity contribution in [1.82, 2.24) is 10.6 Å². The van der Waals surface area contributed by atoms with Crippen LogP contribution >= 0.6 is 0 Å². The molecule has 0 saturated heterocycles. The molecule has 0 bridgehead atoms. The molecule has 1 heterocycles. The lowest BCUT2D eigenvalue weighted by Crippen LogP contribution is -2.47. The molecule has 0 aliphatic heterocycles. The highest BCUT2D eigenvalue weighted by Gasteiger charge is 2.38. The Morgan fingerprint density at radius 2 is 1.81 bits per heavy atom. The monoisotopic (exact) mass is 434 g/mol. The molecule has 1 aliphatic rings. The van der Waals surface area contributed by atoms with Gasteiger partial charge in [0.15, 0.2) is 0 Å². The highest BCUT2D eigenvalue weighted by molar-refractivity contribution is 6.04. The average molecular weight is 435 g/mol. The molecular weight excluding hydrogens is 404 g/mol. The van der Waals surface area contributed by atoms with E-state index in [0.29, 0.717) is 17.7 Å². The van der Waals surface area contributed by atoms with Crippen LogP contribution in [0.4, 0.5) is 4.79 Å². The fourth-order valence-electron chi connectivity index (χ4n) is 4.61. The summed E-state index contributed by atoms with van der Waals surface area (Å²) in [7, 11) is 0. The Morgan fingerprint density at radius 1 is 1.06 bits per heavy atom. The maximum atomic E-state index is 13.0. The first-order valence-electron chi connectivity index (χ1n) is 11.2. The van der Waals surface area contributed by atoms with Gasteiger partial charge >= 0.3 is 6.09 Å². The molecule has 0 spiro atoms. The van der Waals surface area contributed by atoms with Gasteiger partial charge in [0.05, 0.1) is 17.9 Å². The smallest absolute Gasteiger partial charge is 0.407 e. The van der Waals surface area contributed by atoms with E-state index in [0.717, 1.165) is 31.1 Å². The minimum Gasteiger partial charge on any atom is -0.464 e. The summed E-state index contributed by atoms with van der Waals surface area (Å²) in [6, 6.07) is 17.8. The quantitative estimate of drug-likeness (QED) is 0.560. The SMILES string of the molecule is CC(C)OC(=O)N[C@H]1CC[C@@](CNC(=O)c2cccc3ccoc23)(c2ccccc2)CC1. The lowest BCUT2D eigenvalue weighted by atomic mass is 9.68. The van der Waals surface area contributed by atoms with E-state index < -0.39 is 0 Å². The van der Waals surface area contributed by atoms with Gasteiger partial charge in [0.25, 0.3) is 5.91 Å². The number of carbonyl (C=O) groups excluding carboxylic acids is 2. The number of furan rings is 1. The molecule has 6 heteroatoms. The van der Waals surface area contributed by atoms with E-state index in [-0.39, 0.29) is 29.6 Å². The van der Waals surface area contributed by atoms with Crippen LogP contribution in [0.15, 0.2) is 65.3 Å². The summed E-state index contributed by atoms with van der Waals surface area (Å²) in [6.45, 7) is 4.20. The third kappa shape index (κ3) is 4.79. The largest absolute Gasteiger partial charge is 0.464 e. The minimum absolute atomic E-state index is 0.0747. The van der Waals surface area contributed by atoms with Gasteiger partial charge in [-0.1, -0.05) is 42.5 Å². The number of hydrogen-bond acceptors (Lipinski definition) is 4. The summed E-state index contributed by atoms with van der Waals surface area (Å²) in [6.07, 6.45) is 4.46. The number of para-hydroxylation sites is 1. The number of hydrogen-bond donors (Lipinski definition) is 2. The van der Waals surface area contributed by atoms with Crippen molar-refractivity contribution in [1.29, 1.82) is 0 Å². The van der Waals surface area contributed by atoms with Crippen LogP contribution in [0.2, 0.25) is 0 Å². The molecule has 3 aromatic rings. The summed E-state index contributed by atoms with van der Waals surface area (Å²) in [5.41, 5.74) is 2.17.